The Kier molecular flexibility index (Phi) is 2.22. The van der Waals surface area contributed by atoms with E-state index in [-0.39, 0.29) is 5.17 Å². The lowest BCUT2D eigenvalue weighted by Gasteiger charge is -1.90. The van der Waals surface area contributed by atoms with Gasteiger partial charge in [-0.2, -0.15) is 4.98 Å². The van der Waals surface area contributed by atoms with Crippen LogP contribution >= 0.6 is 11.8 Å². The van der Waals surface area contributed by atoms with Crippen molar-refractivity contribution in [3.05, 3.63) is 11.7 Å². The van der Waals surface area contributed by atoms with Gasteiger partial charge in [-0.15, -0.1) is 0 Å². The van der Waals surface area contributed by atoms with E-state index in [0.29, 0.717) is 17.5 Å². The number of rotatable bonds is 3. The number of nitrogens with one attached hydrogen (secondary N) is 1. The average Bonchev–Trinajstić information content (AvgIpc) is 2.83. The maximum atomic E-state index is 7.00. The molecule has 0 spiro atoms. The van der Waals surface area contributed by atoms with Crippen molar-refractivity contribution in [3.8, 4) is 0 Å². The molecule has 0 saturated heterocycles. The second-order valence-corrected chi connectivity index (χ2v) is 3.99. The molecule has 0 amide bonds. The second kappa shape index (κ2) is 3.37. The van der Waals surface area contributed by atoms with Gasteiger partial charge < -0.3 is 10.3 Å². The molecule has 1 heterocycles. The standard InChI is InChI=1S/C7H10N4OS/c8-7(9)13-3-5-10-6(12-11-5)4-1-2-4/h4H,1-3H2,(H3,8,9). The summed E-state index contributed by atoms with van der Waals surface area (Å²) in [6.45, 7) is 0. The maximum absolute atomic E-state index is 7.00. The lowest BCUT2D eigenvalue weighted by molar-refractivity contribution is 0.375. The highest BCUT2D eigenvalue weighted by Gasteiger charge is 2.29. The van der Waals surface area contributed by atoms with E-state index in [9.17, 15) is 0 Å². The van der Waals surface area contributed by atoms with E-state index in [0.717, 1.165) is 18.7 Å². The molecule has 0 aliphatic heterocycles. The van der Waals surface area contributed by atoms with Crippen molar-refractivity contribution >= 4 is 16.9 Å². The molecule has 0 aromatic carbocycles. The minimum atomic E-state index is 0.0813. The molecular formula is C7H10N4OS. The van der Waals surface area contributed by atoms with Crippen LogP contribution < -0.4 is 5.73 Å². The molecule has 1 aliphatic rings. The molecule has 3 N–H and O–H groups in total. The molecule has 0 atom stereocenters. The van der Waals surface area contributed by atoms with E-state index in [1.807, 2.05) is 0 Å². The first kappa shape index (κ1) is 8.55. The molecule has 1 fully saturated rings. The van der Waals surface area contributed by atoms with Crippen LogP contribution in [0.15, 0.2) is 4.52 Å². The highest BCUT2D eigenvalue weighted by atomic mass is 32.2. The van der Waals surface area contributed by atoms with Crippen molar-refractivity contribution in [2.75, 3.05) is 0 Å². The second-order valence-electron chi connectivity index (χ2n) is 2.98. The fraction of sp³-hybridized carbons (Fsp3) is 0.571. The zero-order valence-corrected chi connectivity index (χ0v) is 7.80. The predicted molar refractivity (Wildman–Crippen MR) is 49.5 cm³/mol. The summed E-state index contributed by atoms with van der Waals surface area (Å²) in [6, 6.07) is 0. The van der Waals surface area contributed by atoms with Gasteiger partial charge in [-0.1, -0.05) is 16.9 Å². The van der Waals surface area contributed by atoms with Crippen molar-refractivity contribution in [2.45, 2.75) is 24.5 Å². The summed E-state index contributed by atoms with van der Waals surface area (Å²) >= 11 is 1.21. The van der Waals surface area contributed by atoms with Gasteiger partial charge in [0.05, 0.1) is 5.75 Å². The van der Waals surface area contributed by atoms with E-state index >= 15 is 0 Å². The number of thioether (sulfide) groups is 1. The minimum Gasteiger partial charge on any atom is -0.379 e. The van der Waals surface area contributed by atoms with Crippen LogP contribution in [0, 0.1) is 5.41 Å². The first-order valence-corrected chi connectivity index (χ1v) is 5.03. The Balaban J connectivity index is 1.92. The van der Waals surface area contributed by atoms with Gasteiger partial charge >= 0.3 is 0 Å². The van der Waals surface area contributed by atoms with Gasteiger partial charge in [0.2, 0.25) is 5.89 Å². The number of nitrogens with zero attached hydrogens (tertiary/aromatic N) is 2. The van der Waals surface area contributed by atoms with Gasteiger partial charge in [-0.25, -0.2) is 0 Å². The molecule has 1 aromatic rings. The molecule has 0 bridgehead atoms. The fourth-order valence-corrected chi connectivity index (χ4v) is 1.37. The van der Waals surface area contributed by atoms with Crippen LogP contribution in [0.4, 0.5) is 0 Å². The number of nitrogens with two attached hydrogens (primary N) is 1. The summed E-state index contributed by atoms with van der Waals surface area (Å²) in [5, 5.41) is 10.9. The van der Waals surface area contributed by atoms with Crippen LogP contribution in [0.1, 0.15) is 30.5 Å². The van der Waals surface area contributed by atoms with Crippen LogP contribution in [0.5, 0.6) is 0 Å². The number of aromatic nitrogens is 2. The molecule has 70 valence electrons. The van der Waals surface area contributed by atoms with E-state index in [1.54, 1.807) is 0 Å². The molecule has 1 aromatic heterocycles. The van der Waals surface area contributed by atoms with Crippen LogP contribution in [0.3, 0.4) is 0 Å². The van der Waals surface area contributed by atoms with Crippen LogP contribution in [0.2, 0.25) is 0 Å². The molecule has 1 aliphatic carbocycles. The SMILES string of the molecule is N=C(N)SCc1noc(C2CC2)n1. The molecule has 0 radical (unpaired) electrons. The van der Waals surface area contributed by atoms with Gasteiger partial charge in [0.15, 0.2) is 11.0 Å². The Morgan fingerprint density at radius 2 is 2.46 bits per heavy atom. The minimum absolute atomic E-state index is 0.0813. The summed E-state index contributed by atoms with van der Waals surface area (Å²) in [7, 11) is 0. The highest BCUT2D eigenvalue weighted by Crippen LogP contribution is 2.38. The summed E-state index contributed by atoms with van der Waals surface area (Å²) in [6.07, 6.45) is 2.31. The monoisotopic (exact) mass is 198 g/mol. The maximum Gasteiger partial charge on any atom is 0.229 e. The Morgan fingerprint density at radius 3 is 3.08 bits per heavy atom. The fourth-order valence-electron chi connectivity index (χ4n) is 0.965. The van der Waals surface area contributed by atoms with Crippen molar-refractivity contribution in [1.29, 1.82) is 5.41 Å². The predicted octanol–water partition coefficient (Wildman–Crippen LogP) is 1.07. The van der Waals surface area contributed by atoms with Gasteiger partial charge in [0.25, 0.3) is 0 Å². The molecule has 1 saturated carbocycles. The van der Waals surface area contributed by atoms with Crippen molar-refractivity contribution in [3.63, 3.8) is 0 Å². The Morgan fingerprint density at radius 1 is 1.69 bits per heavy atom. The lowest BCUT2D eigenvalue weighted by Crippen LogP contribution is -2.04. The summed E-state index contributed by atoms with van der Waals surface area (Å²) in [4.78, 5) is 4.19. The highest BCUT2D eigenvalue weighted by molar-refractivity contribution is 8.12. The number of hydrogen-bond acceptors (Lipinski definition) is 5. The largest absolute Gasteiger partial charge is 0.379 e. The Labute approximate surface area is 79.6 Å². The van der Waals surface area contributed by atoms with Crippen LogP contribution in [0.25, 0.3) is 0 Å². The van der Waals surface area contributed by atoms with Crippen molar-refractivity contribution in [1.82, 2.24) is 10.1 Å². The van der Waals surface area contributed by atoms with E-state index < -0.39 is 0 Å². The van der Waals surface area contributed by atoms with Crippen LogP contribution in [-0.4, -0.2) is 15.3 Å². The van der Waals surface area contributed by atoms with Crippen molar-refractivity contribution in [2.24, 2.45) is 5.73 Å². The molecule has 6 heteroatoms. The third kappa shape index (κ3) is 2.21. The van der Waals surface area contributed by atoms with Gasteiger partial charge in [-0.05, 0) is 12.8 Å². The van der Waals surface area contributed by atoms with Gasteiger partial charge in [0, 0.05) is 5.92 Å². The quantitative estimate of drug-likeness (QED) is 0.560. The first-order chi connectivity index (χ1) is 6.25. The Hall–Kier alpha value is -1.04. The van der Waals surface area contributed by atoms with E-state index in [4.69, 9.17) is 15.7 Å². The van der Waals surface area contributed by atoms with Gasteiger partial charge in [0.1, 0.15) is 0 Å². The third-order valence-corrected chi connectivity index (χ3v) is 2.48. The Bertz CT molecular complexity index is 320. The summed E-state index contributed by atoms with van der Waals surface area (Å²) in [5.74, 6) is 2.37. The molecule has 5 nitrogen and oxygen atoms in total. The first-order valence-electron chi connectivity index (χ1n) is 4.05. The lowest BCUT2D eigenvalue weighted by atomic mass is 10.4. The van der Waals surface area contributed by atoms with E-state index in [2.05, 4.69) is 10.1 Å². The number of amidine groups is 1. The van der Waals surface area contributed by atoms with Gasteiger partial charge in [-0.3, -0.25) is 5.41 Å². The molecule has 2 rings (SSSR count). The average molecular weight is 198 g/mol. The summed E-state index contributed by atoms with van der Waals surface area (Å²) in [5.41, 5.74) is 5.18. The van der Waals surface area contributed by atoms with E-state index in [1.165, 1.54) is 11.8 Å². The smallest absolute Gasteiger partial charge is 0.229 e. The third-order valence-electron chi connectivity index (χ3n) is 1.77. The zero-order chi connectivity index (χ0) is 9.26. The zero-order valence-electron chi connectivity index (χ0n) is 6.99. The molecule has 13 heavy (non-hydrogen) atoms. The molecule has 0 unspecified atom stereocenters. The molecular weight excluding hydrogens is 188 g/mol. The summed E-state index contributed by atoms with van der Waals surface area (Å²) < 4.78 is 5.04. The normalized spacial score (nSPS) is 16.0. The van der Waals surface area contributed by atoms with Crippen LogP contribution in [-0.2, 0) is 5.75 Å². The topological polar surface area (TPSA) is 88.8 Å². The number of hydrogen-bond donors (Lipinski definition) is 2. The van der Waals surface area contributed by atoms with Crippen molar-refractivity contribution < 1.29 is 4.52 Å².